The molecule has 24 heavy (non-hydrogen) atoms. The van der Waals surface area contributed by atoms with E-state index >= 15 is 0 Å². The largest absolute Gasteiger partial charge is 0.379 e. The van der Waals surface area contributed by atoms with Crippen LogP contribution >= 0.6 is 0 Å². The number of benzene rings is 1. The summed E-state index contributed by atoms with van der Waals surface area (Å²) < 4.78 is 5.31. The van der Waals surface area contributed by atoms with E-state index in [1.165, 1.54) is 0 Å². The van der Waals surface area contributed by atoms with Crippen LogP contribution < -0.4 is 5.32 Å². The first-order valence-electron chi connectivity index (χ1n) is 8.73. The van der Waals surface area contributed by atoms with E-state index in [1.807, 2.05) is 32.0 Å². The van der Waals surface area contributed by atoms with E-state index in [1.54, 1.807) is 0 Å². The summed E-state index contributed by atoms with van der Waals surface area (Å²) in [6, 6.07) is 5.85. The number of Topliss-reactive ketones (excluding diaryl/α,β-unsaturated/α-hetero) is 1. The summed E-state index contributed by atoms with van der Waals surface area (Å²) in [5.41, 5.74) is 2.77. The predicted octanol–water partition coefficient (Wildman–Crippen LogP) is 2.10. The Bertz CT molecular complexity index is 566. The zero-order chi connectivity index (χ0) is 17.4. The molecule has 0 spiro atoms. The Morgan fingerprint density at radius 1 is 1.17 bits per heavy atom. The Morgan fingerprint density at radius 3 is 2.67 bits per heavy atom. The van der Waals surface area contributed by atoms with Gasteiger partial charge in [-0.1, -0.05) is 17.7 Å². The molecule has 0 aliphatic carbocycles. The van der Waals surface area contributed by atoms with Crippen LogP contribution in [0.15, 0.2) is 18.2 Å². The average molecular weight is 332 g/mol. The van der Waals surface area contributed by atoms with Crippen molar-refractivity contribution < 1.29 is 14.3 Å². The van der Waals surface area contributed by atoms with Gasteiger partial charge in [-0.2, -0.15) is 0 Å². The molecule has 1 heterocycles. The van der Waals surface area contributed by atoms with Crippen LogP contribution in [0.3, 0.4) is 0 Å². The van der Waals surface area contributed by atoms with Crippen LogP contribution in [0, 0.1) is 13.8 Å². The maximum atomic E-state index is 12.3. The first-order chi connectivity index (χ1) is 11.6. The van der Waals surface area contributed by atoms with Gasteiger partial charge in [0.2, 0.25) is 5.91 Å². The fourth-order valence-corrected chi connectivity index (χ4v) is 2.84. The first-order valence-corrected chi connectivity index (χ1v) is 8.73. The number of amides is 1. The van der Waals surface area contributed by atoms with Crippen molar-refractivity contribution in [3.63, 3.8) is 0 Å². The Morgan fingerprint density at radius 2 is 1.92 bits per heavy atom. The van der Waals surface area contributed by atoms with Crippen molar-refractivity contribution in [2.75, 3.05) is 39.4 Å². The van der Waals surface area contributed by atoms with Gasteiger partial charge in [0.15, 0.2) is 5.78 Å². The topological polar surface area (TPSA) is 58.6 Å². The number of hydrogen-bond acceptors (Lipinski definition) is 4. The highest BCUT2D eigenvalue weighted by Crippen LogP contribution is 2.13. The lowest BCUT2D eigenvalue weighted by atomic mass is 9.99. The number of hydrogen-bond donors (Lipinski definition) is 1. The lowest BCUT2D eigenvalue weighted by Gasteiger charge is -2.26. The second-order valence-electron chi connectivity index (χ2n) is 6.40. The minimum Gasteiger partial charge on any atom is -0.379 e. The molecule has 1 aliphatic rings. The summed E-state index contributed by atoms with van der Waals surface area (Å²) >= 11 is 0. The predicted molar refractivity (Wildman–Crippen MR) is 94.4 cm³/mol. The van der Waals surface area contributed by atoms with Gasteiger partial charge in [-0.3, -0.25) is 14.5 Å². The van der Waals surface area contributed by atoms with Crippen molar-refractivity contribution >= 4 is 11.7 Å². The van der Waals surface area contributed by atoms with Crippen LogP contribution in [-0.4, -0.2) is 56.0 Å². The maximum absolute atomic E-state index is 12.3. The molecule has 5 nitrogen and oxygen atoms in total. The minimum atomic E-state index is -0.0457. The molecule has 0 atom stereocenters. The van der Waals surface area contributed by atoms with Gasteiger partial charge < -0.3 is 10.1 Å². The number of nitrogens with one attached hydrogen (secondary N) is 1. The summed E-state index contributed by atoms with van der Waals surface area (Å²) in [6.07, 6.45) is 1.44. The molecule has 1 aromatic rings. The van der Waals surface area contributed by atoms with Crippen LogP contribution in [0.4, 0.5) is 0 Å². The number of morpholine rings is 1. The van der Waals surface area contributed by atoms with Crippen molar-refractivity contribution in [3.8, 4) is 0 Å². The van der Waals surface area contributed by atoms with Crippen LogP contribution in [-0.2, 0) is 9.53 Å². The second kappa shape index (κ2) is 9.55. The van der Waals surface area contributed by atoms with E-state index in [0.29, 0.717) is 6.54 Å². The molecule has 2 rings (SSSR count). The second-order valence-corrected chi connectivity index (χ2v) is 6.40. The molecule has 1 aliphatic heterocycles. The van der Waals surface area contributed by atoms with Crippen LogP contribution in [0.2, 0.25) is 0 Å². The molecule has 5 heteroatoms. The van der Waals surface area contributed by atoms with Gasteiger partial charge in [0, 0.05) is 38.0 Å². The summed E-state index contributed by atoms with van der Waals surface area (Å²) in [6.45, 7) is 9.07. The fourth-order valence-electron chi connectivity index (χ4n) is 2.84. The highest BCUT2D eigenvalue weighted by Gasteiger charge is 2.12. The number of nitrogens with zero attached hydrogens (tertiary/aromatic N) is 1. The quantitative estimate of drug-likeness (QED) is 0.585. The normalized spacial score (nSPS) is 15.2. The summed E-state index contributed by atoms with van der Waals surface area (Å²) in [4.78, 5) is 26.5. The minimum absolute atomic E-state index is 0.0414. The summed E-state index contributed by atoms with van der Waals surface area (Å²) in [5, 5.41) is 2.91. The molecule has 0 unspecified atom stereocenters. The molecular weight excluding hydrogens is 304 g/mol. The van der Waals surface area contributed by atoms with Crippen molar-refractivity contribution in [2.45, 2.75) is 33.1 Å². The number of rotatable bonds is 8. The van der Waals surface area contributed by atoms with Gasteiger partial charge in [0.25, 0.3) is 0 Å². The van der Waals surface area contributed by atoms with Gasteiger partial charge in [0.1, 0.15) is 0 Å². The number of carbonyl (C=O) groups excluding carboxylic acids is 2. The molecule has 1 aromatic carbocycles. The third kappa shape index (κ3) is 6.06. The average Bonchev–Trinajstić information content (AvgIpc) is 2.59. The Kier molecular flexibility index (Phi) is 7.40. The highest BCUT2D eigenvalue weighted by atomic mass is 16.5. The van der Waals surface area contributed by atoms with Crippen molar-refractivity contribution in [3.05, 3.63) is 34.9 Å². The molecule has 1 saturated heterocycles. The standard InChI is InChI=1S/C19H28N2O3/c1-15-4-5-16(2)17(14-15)18(22)6-7-19(23)20-8-3-9-21-10-12-24-13-11-21/h4-5,14H,3,6-13H2,1-2H3,(H,20,23). The third-order valence-electron chi connectivity index (χ3n) is 4.35. The molecule has 0 aromatic heterocycles. The molecular formula is C19H28N2O3. The number of ether oxygens (including phenoxy) is 1. The molecule has 0 radical (unpaired) electrons. The lowest BCUT2D eigenvalue weighted by molar-refractivity contribution is -0.121. The molecule has 132 valence electrons. The Balaban J connectivity index is 1.63. The smallest absolute Gasteiger partial charge is 0.220 e. The van der Waals surface area contributed by atoms with Gasteiger partial charge in [-0.05, 0) is 38.4 Å². The van der Waals surface area contributed by atoms with Crippen molar-refractivity contribution in [2.24, 2.45) is 0 Å². The van der Waals surface area contributed by atoms with Gasteiger partial charge in [-0.15, -0.1) is 0 Å². The number of aryl methyl sites for hydroxylation is 2. The van der Waals surface area contributed by atoms with Gasteiger partial charge in [0.05, 0.1) is 13.2 Å². The molecule has 1 amide bonds. The maximum Gasteiger partial charge on any atom is 0.220 e. The fraction of sp³-hybridized carbons (Fsp3) is 0.579. The lowest BCUT2D eigenvalue weighted by Crippen LogP contribution is -2.38. The highest BCUT2D eigenvalue weighted by molar-refractivity contribution is 5.99. The van der Waals surface area contributed by atoms with Gasteiger partial charge in [-0.25, -0.2) is 0 Å². The van der Waals surface area contributed by atoms with E-state index < -0.39 is 0 Å². The SMILES string of the molecule is Cc1ccc(C)c(C(=O)CCC(=O)NCCCN2CCOCC2)c1. The Hall–Kier alpha value is -1.72. The Labute approximate surface area is 144 Å². The monoisotopic (exact) mass is 332 g/mol. The van der Waals surface area contributed by atoms with Crippen LogP contribution in [0.25, 0.3) is 0 Å². The van der Waals surface area contributed by atoms with E-state index in [-0.39, 0.29) is 24.5 Å². The van der Waals surface area contributed by atoms with E-state index in [4.69, 9.17) is 4.74 Å². The van der Waals surface area contributed by atoms with Crippen LogP contribution in [0.1, 0.15) is 40.7 Å². The van der Waals surface area contributed by atoms with E-state index in [0.717, 1.165) is 56.0 Å². The zero-order valence-electron chi connectivity index (χ0n) is 14.8. The zero-order valence-corrected chi connectivity index (χ0v) is 14.8. The van der Waals surface area contributed by atoms with Gasteiger partial charge >= 0.3 is 0 Å². The molecule has 0 bridgehead atoms. The van der Waals surface area contributed by atoms with E-state index in [2.05, 4.69) is 10.2 Å². The molecule has 0 saturated carbocycles. The van der Waals surface area contributed by atoms with Crippen molar-refractivity contribution in [1.82, 2.24) is 10.2 Å². The molecule has 1 fully saturated rings. The summed E-state index contributed by atoms with van der Waals surface area (Å²) in [7, 11) is 0. The molecule has 1 N–H and O–H groups in total. The first kappa shape index (κ1) is 18.6. The third-order valence-corrected chi connectivity index (χ3v) is 4.35. The van der Waals surface area contributed by atoms with E-state index in [9.17, 15) is 9.59 Å². The summed E-state index contributed by atoms with van der Waals surface area (Å²) in [5.74, 6) is -0.00435. The van der Waals surface area contributed by atoms with Crippen molar-refractivity contribution in [1.29, 1.82) is 0 Å². The number of ketones is 1. The van der Waals surface area contributed by atoms with Crippen LogP contribution in [0.5, 0.6) is 0 Å². The number of carbonyl (C=O) groups is 2.